The predicted octanol–water partition coefficient (Wildman–Crippen LogP) is 4.16. The molecular formula is C22H23FN2O. The summed E-state index contributed by atoms with van der Waals surface area (Å²) in [6.45, 7) is 7.12. The van der Waals surface area contributed by atoms with Crippen molar-refractivity contribution in [3.05, 3.63) is 71.0 Å². The Balaban J connectivity index is 1.84. The molecule has 2 aromatic rings. The van der Waals surface area contributed by atoms with E-state index in [0.29, 0.717) is 13.0 Å². The number of hydrogen-bond acceptors (Lipinski definition) is 2. The van der Waals surface area contributed by atoms with Crippen LogP contribution in [0.15, 0.2) is 48.5 Å². The van der Waals surface area contributed by atoms with E-state index >= 15 is 0 Å². The third-order valence-electron chi connectivity index (χ3n) is 5.77. The highest BCUT2D eigenvalue weighted by Gasteiger charge is 2.57. The minimum absolute atomic E-state index is 0.0580. The fourth-order valence-electron chi connectivity index (χ4n) is 4.26. The molecule has 4 rings (SSSR count). The maximum absolute atomic E-state index is 13.2. The summed E-state index contributed by atoms with van der Waals surface area (Å²) in [7, 11) is 0. The smallest absolute Gasteiger partial charge is 0.223 e. The van der Waals surface area contributed by atoms with E-state index in [1.165, 1.54) is 28.9 Å². The van der Waals surface area contributed by atoms with Crippen LogP contribution in [0.2, 0.25) is 0 Å². The number of aryl methyl sites for hydroxylation is 1. The molecule has 0 aromatic heterocycles. The molecule has 1 saturated heterocycles. The molecule has 4 heteroatoms. The molecule has 3 nitrogen and oxygen atoms in total. The molecule has 1 atom stereocenters. The number of rotatable bonds is 2. The Morgan fingerprint density at radius 2 is 1.88 bits per heavy atom. The van der Waals surface area contributed by atoms with Crippen LogP contribution >= 0.6 is 0 Å². The van der Waals surface area contributed by atoms with E-state index < -0.39 is 5.66 Å². The molecule has 2 aliphatic rings. The SMILES string of the molecule is Cc1ccc2c(c1)C(C)(C)C1(C=Cc3ccc(F)cc3)NC(=O)CCN21. The van der Waals surface area contributed by atoms with Crippen molar-refractivity contribution in [2.24, 2.45) is 0 Å². The van der Waals surface area contributed by atoms with Gasteiger partial charge in [-0.3, -0.25) is 4.79 Å². The summed E-state index contributed by atoms with van der Waals surface area (Å²) >= 11 is 0. The highest BCUT2D eigenvalue weighted by molar-refractivity contribution is 5.84. The summed E-state index contributed by atoms with van der Waals surface area (Å²) < 4.78 is 13.2. The van der Waals surface area contributed by atoms with Crippen LogP contribution in [0.3, 0.4) is 0 Å². The van der Waals surface area contributed by atoms with Gasteiger partial charge in [-0.1, -0.05) is 49.8 Å². The molecule has 0 saturated carbocycles. The largest absolute Gasteiger partial charge is 0.344 e. The Bertz CT molecular complexity index is 901. The van der Waals surface area contributed by atoms with E-state index in [-0.39, 0.29) is 17.1 Å². The Morgan fingerprint density at radius 3 is 2.62 bits per heavy atom. The molecule has 1 fully saturated rings. The molecule has 2 heterocycles. The minimum Gasteiger partial charge on any atom is -0.344 e. The molecule has 2 aromatic carbocycles. The molecule has 1 N–H and O–H groups in total. The van der Waals surface area contributed by atoms with E-state index in [9.17, 15) is 9.18 Å². The van der Waals surface area contributed by atoms with Crippen LogP contribution in [-0.2, 0) is 10.2 Å². The fraction of sp³-hybridized carbons (Fsp3) is 0.318. The first-order valence-corrected chi connectivity index (χ1v) is 8.98. The van der Waals surface area contributed by atoms with Crippen molar-refractivity contribution in [3.8, 4) is 0 Å². The van der Waals surface area contributed by atoms with Gasteiger partial charge < -0.3 is 10.2 Å². The summed E-state index contributed by atoms with van der Waals surface area (Å²) in [5.74, 6) is -0.195. The number of anilines is 1. The lowest BCUT2D eigenvalue weighted by Crippen LogP contribution is -2.68. The molecule has 1 unspecified atom stereocenters. The number of halogens is 1. The lowest BCUT2D eigenvalue weighted by molar-refractivity contribution is -0.124. The Kier molecular flexibility index (Phi) is 3.69. The number of nitrogens with zero attached hydrogens (tertiary/aromatic N) is 1. The number of benzene rings is 2. The standard InChI is InChI=1S/C22H23FN2O/c1-15-4-9-19-18(14-15)21(2,3)22(24-20(26)11-13-25(19)22)12-10-16-5-7-17(23)8-6-16/h4-10,12,14H,11,13H2,1-3H3,(H,24,26). The quantitative estimate of drug-likeness (QED) is 0.882. The Morgan fingerprint density at radius 1 is 1.15 bits per heavy atom. The maximum atomic E-state index is 13.2. The van der Waals surface area contributed by atoms with Crippen LogP contribution in [0, 0.1) is 12.7 Å². The highest BCUT2D eigenvalue weighted by Crippen LogP contribution is 2.52. The zero-order chi connectivity index (χ0) is 18.5. The van der Waals surface area contributed by atoms with Crippen molar-refractivity contribution in [2.75, 3.05) is 11.4 Å². The zero-order valence-electron chi connectivity index (χ0n) is 15.3. The van der Waals surface area contributed by atoms with Crippen molar-refractivity contribution < 1.29 is 9.18 Å². The fourth-order valence-corrected chi connectivity index (χ4v) is 4.26. The van der Waals surface area contributed by atoms with Crippen LogP contribution < -0.4 is 10.2 Å². The molecule has 1 amide bonds. The van der Waals surface area contributed by atoms with Gasteiger partial charge in [-0.05, 0) is 42.3 Å². The van der Waals surface area contributed by atoms with E-state index in [0.717, 1.165) is 5.56 Å². The highest BCUT2D eigenvalue weighted by atomic mass is 19.1. The Labute approximate surface area is 153 Å². The van der Waals surface area contributed by atoms with Gasteiger partial charge in [0.2, 0.25) is 5.91 Å². The van der Waals surface area contributed by atoms with Gasteiger partial charge in [-0.2, -0.15) is 0 Å². The average molecular weight is 350 g/mol. The number of carbonyl (C=O) groups is 1. The molecule has 2 aliphatic heterocycles. The number of hydrogen-bond donors (Lipinski definition) is 1. The van der Waals surface area contributed by atoms with Crippen LogP contribution in [0.25, 0.3) is 6.08 Å². The van der Waals surface area contributed by atoms with Crippen LogP contribution in [0.1, 0.15) is 37.0 Å². The first-order valence-electron chi connectivity index (χ1n) is 8.98. The van der Waals surface area contributed by atoms with Crippen molar-refractivity contribution in [3.63, 3.8) is 0 Å². The number of nitrogens with one attached hydrogen (secondary N) is 1. The van der Waals surface area contributed by atoms with Crippen molar-refractivity contribution in [1.29, 1.82) is 0 Å². The minimum atomic E-state index is -0.632. The summed E-state index contributed by atoms with van der Waals surface area (Å²) in [5.41, 5.74) is 3.59. The second-order valence-corrected chi connectivity index (χ2v) is 7.75. The summed E-state index contributed by atoms with van der Waals surface area (Å²) in [6.07, 6.45) is 4.51. The summed E-state index contributed by atoms with van der Waals surface area (Å²) in [6, 6.07) is 12.9. The lowest BCUT2D eigenvalue weighted by Gasteiger charge is -2.49. The van der Waals surface area contributed by atoms with E-state index in [1.54, 1.807) is 12.1 Å². The van der Waals surface area contributed by atoms with Gasteiger partial charge in [0.25, 0.3) is 0 Å². The third-order valence-corrected chi connectivity index (χ3v) is 5.77. The van der Waals surface area contributed by atoms with Gasteiger partial charge in [0.1, 0.15) is 11.5 Å². The summed E-state index contributed by atoms with van der Waals surface area (Å²) in [4.78, 5) is 14.6. The molecule has 134 valence electrons. The summed E-state index contributed by atoms with van der Waals surface area (Å²) in [5, 5.41) is 3.26. The number of amides is 1. The van der Waals surface area contributed by atoms with Crippen molar-refractivity contribution in [1.82, 2.24) is 5.32 Å². The molecule has 26 heavy (non-hydrogen) atoms. The van der Waals surface area contributed by atoms with Crippen molar-refractivity contribution in [2.45, 2.75) is 38.3 Å². The molecular weight excluding hydrogens is 327 g/mol. The number of carbonyl (C=O) groups excluding carboxylic acids is 1. The zero-order valence-corrected chi connectivity index (χ0v) is 15.3. The van der Waals surface area contributed by atoms with Crippen LogP contribution in [0.5, 0.6) is 0 Å². The van der Waals surface area contributed by atoms with Gasteiger partial charge in [-0.25, -0.2) is 4.39 Å². The molecule has 0 radical (unpaired) electrons. The third kappa shape index (κ3) is 2.36. The van der Waals surface area contributed by atoms with Gasteiger partial charge >= 0.3 is 0 Å². The first kappa shape index (κ1) is 16.8. The number of fused-ring (bicyclic) bond motifs is 3. The van der Waals surface area contributed by atoms with Crippen LogP contribution in [-0.4, -0.2) is 18.1 Å². The van der Waals surface area contributed by atoms with Gasteiger partial charge in [0.15, 0.2) is 0 Å². The maximum Gasteiger partial charge on any atom is 0.223 e. The molecule has 0 bridgehead atoms. The van der Waals surface area contributed by atoms with Gasteiger partial charge in [0.05, 0.1) is 0 Å². The van der Waals surface area contributed by atoms with Crippen LogP contribution in [0.4, 0.5) is 10.1 Å². The average Bonchev–Trinajstić information content (AvgIpc) is 2.79. The van der Waals surface area contributed by atoms with Gasteiger partial charge in [-0.15, -0.1) is 0 Å². The topological polar surface area (TPSA) is 32.3 Å². The molecule has 0 aliphatic carbocycles. The lowest BCUT2D eigenvalue weighted by atomic mass is 9.74. The van der Waals surface area contributed by atoms with E-state index in [1.807, 2.05) is 6.08 Å². The monoisotopic (exact) mass is 350 g/mol. The second kappa shape index (κ2) is 5.70. The second-order valence-electron chi connectivity index (χ2n) is 7.75. The first-order chi connectivity index (χ1) is 12.3. The van der Waals surface area contributed by atoms with Crippen molar-refractivity contribution >= 4 is 17.7 Å². The molecule has 0 spiro atoms. The van der Waals surface area contributed by atoms with E-state index in [4.69, 9.17) is 0 Å². The normalized spacial score (nSPS) is 23.7. The Hall–Kier alpha value is -2.62. The van der Waals surface area contributed by atoms with E-state index in [2.05, 4.69) is 55.3 Å². The predicted molar refractivity (Wildman–Crippen MR) is 102 cm³/mol. The van der Waals surface area contributed by atoms with Gasteiger partial charge in [0, 0.05) is 24.1 Å².